The Morgan fingerprint density at radius 3 is 2.74 bits per heavy atom. The van der Waals surface area contributed by atoms with Gasteiger partial charge in [0.05, 0.1) is 29.8 Å². The normalized spacial score (nSPS) is 10.0. The van der Waals surface area contributed by atoms with Crippen LogP contribution in [0.4, 0.5) is 10.5 Å². The van der Waals surface area contributed by atoms with E-state index in [1.165, 1.54) is 0 Å². The molecule has 1 aromatic carbocycles. The number of hydrogen-bond donors (Lipinski definition) is 2. The van der Waals surface area contributed by atoms with Crippen LogP contribution < -0.4 is 10.6 Å². The Morgan fingerprint density at radius 1 is 1.26 bits per heavy atom. The number of aromatic nitrogens is 2. The number of urea groups is 1. The molecule has 0 atom stereocenters. The number of hydrogen-bond acceptors (Lipinski definition) is 3. The molecule has 0 saturated heterocycles. The highest BCUT2D eigenvalue weighted by Gasteiger charge is 2.04. The number of aryl methyl sites for hydroxylation is 1. The predicted octanol–water partition coefficient (Wildman–Crippen LogP) is 2.87. The highest BCUT2D eigenvalue weighted by atomic mass is 79.9. The zero-order chi connectivity index (χ0) is 13.7. The molecule has 1 heterocycles. The Balaban J connectivity index is 1.88. The van der Waals surface area contributed by atoms with Gasteiger partial charge >= 0.3 is 6.03 Å². The number of nitrogens with zero attached hydrogens (tertiary/aromatic N) is 2. The van der Waals surface area contributed by atoms with Gasteiger partial charge in [-0.2, -0.15) is 0 Å². The monoisotopic (exact) mass is 320 g/mol. The Hall–Kier alpha value is -1.95. The standard InChI is InChI=1S/C13H13BrN4O/c1-9-6-16-10(7-15-9)8-17-13(19)18-12-5-3-2-4-11(12)14/h2-7H,8H2,1H3,(H2,17,18,19). The molecule has 2 amide bonds. The van der Waals surface area contributed by atoms with Crippen LogP contribution in [0.25, 0.3) is 0 Å². The number of rotatable bonds is 3. The van der Waals surface area contributed by atoms with E-state index in [2.05, 4.69) is 36.5 Å². The second kappa shape index (κ2) is 6.29. The number of halogens is 1. The smallest absolute Gasteiger partial charge is 0.319 e. The molecule has 1 aromatic heterocycles. The van der Waals surface area contributed by atoms with Gasteiger partial charge in [-0.1, -0.05) is 12.1 Å². The molecule has 0 aliphatic rings. The number of carbonyl (C=O) groups excluding carboxylic acids is 1. The van der Waals surface area contributed by atoms with Crippen molar-refractivity contribution in [3.8, 4) is 0 Å². The second-order valence-corrected chi connectivity index (χ2v) is 4.79. The van der Waals surface area contributed by atoms with Crippen molar-refractivity contribution in [3.63, 3.8) is 0 Å². The summed E-state index contributed by atoms with van der Waals surface area (Å²) in [5, 5.41) is 5.47. The van der Waals surface area contributed by atoms with Crippen LogP contribution in [0.2, 0.25) is 0 Å². The Bertz CT molecular complexity index is 571. The van der Waals surface area contributed by atoms with Crippen LogP contribution in [-0.4, -0.2) is 16.0 Å². The summed E-state index contributed by atoms with van der Waals surface area (Å²) in [4.78, 5) is 20.0. The van der Waals surface area contributed by atoms with Crippen LogP contribution in [0.1, 0.15) is 11.4 Å². The third kappa shape index (κ3) is 4.03. The van der Waals surface area contributed by atoms with Gasteiger partial charge < -0.3 is 10.6 Å². The fraction of sp³-hybridized carbons (Fsp3) is 0.154. The highest BCUT2D eigenvalue weighted by molar-refractivity contribution is 9.10. The van der Waals surface area contributed by atoms with Gasteiger partial charge in [0.15, 0.2) is 0 Å². The van der Waals surface area contributed by atoms with Crippen molar-refractivity contribution in [2.45, 2.75) is 13.5 Å². The zero-order valence-corrected chi connectivity index (χ0v) is 11.9. The molecule has 2 rings (SSSR count). The van der Waals surface area contributed by atoms with E-state index in [1.54, 1.807) is 12.4 Å². The lowest BCUT2D eigenvalue weighted by atomic mass is 10.3. The van der Waals surface area contributed by atoms with Gasteiger partial charge in [0.25, 0.3) is 0 Å². The number of benzene rings is 1. The molecule has 0 bridgehead atoms. The van der Waals surface area contributed by atoms with Crippen LogP contribution in [-0.2, 0) is 6.54 Å². The topological polar surface area (TPSA) is 66.9 Å². The van der Waals surface area contributed by atoms with E-state index in [1.807, 2.05) is 31.2 Å². The molecule has 6 heteroatoms. The summed E-state index contributed by atoms with van der Waals surface area (Å²) in [7, 11) is 0. The van der Waals surface area contributed by atoms with Crippen LogP contribution in [0, 0.1) is 6.92 Å². The molecule has 0 radical (unpaired) electrons. The highest BCUT2D eigenvalue weighted by Crippen LogP contribution is 2.20. The number of nitrogens with one attached hydrogen (secondary N) is 2. The van der Waals surface area contributed by atoms with Gasteiger partial charge in [0, 0.05) is 10.7 Å². The number of amides is 2. The van der Waals surface area contributed by atoms with Gasteiger partial charge in [-0.15, -0.1) is 0 Å². The fourth-order valence-electron chi connectivity index (χ4n) is 1.41. The number of carbonyl (C=O) groups is 1. The van der Waals surface area contributed by atoms with Crippen molar-refractivity contribution in [2.24, 2.45) is 0 Å². The lowest BCUT2D eigenvalue weighted by molar-refractivity contribution is 0.251. The molecule has 2 aromatic rings. The summed E-state index contributed by atoms with van der Waals surface area (Å²) in [5.41, 5.74) is 2.28. The van der Waals surface area contributed by atoms with Crippen molar-refractivity contribution in [1.82, 2.24) is 15.3 Å². The van der Waals surface area contributed by atoms with Gasteiger partial charge in [-0.25, -0.2) is 4.79 Å². The van der Waals surface area contributed by atoms with Crippen molar-refractivity contribution >= 4 is 27.6 Å². The van der Waals surface area contributed by atoms with Crippen molar-refractivity contribution in [1.29, 1.82) is 0 Å². The van der Waals surface area contributed by atoms with E-state index in [4.69, 9.17) is 0 Å². The second-order valence-electron chi connectivity index (χ2n) is 3.94. The van der Waals surface area contributed by atoms with Gasteiger partial charge in [0.2, 0.25) is 0 Å². The summed E-state index contributed by atoms with van der Waals surface area (Å²) in [6.07, 6.45) is 3.32. The van der Waals surface area contributed by atoms with E-state index in [0.717, 1.165) is 15.9 Å². The molecular weight excluding hydrogens is 308 g/mol. The fourth-order valence-corrected chi connectivity index (χ4v) is 1.79. The maximum absolute atomic E-state index is 11.7. The Morgan fingerprint density at radius 2 is 2.05 bits per heavy atom. The van der Waals surface area contributed by atoms with E-state index in [0.29, 0.717) is 12.2 Å². The molecule has 0 fully saturated rings. The van der Waals surface area contributed by atoms with Crippen LogP contribution >= 0.6 is 15.9 Å². The molecule has 5 nitrogen and oxygen atoms in total. The van der Waals surface area contributed by atoms with Crippen molar-refractivity contribution < 1.29 is 4.79 Å². The quantitative estimate of drug-likeness (QED) is 0.913. The van der Waals surface area contributed by atoms with Crippen LogP contribution in [0.3, 0.4) is 0 Å². The van der Waals surface area contributed by atoms with Gasteiger partial charge in [0.1, 0.15) is 0 Å². The van der Waals surface area contributed by atoms with E-state index in [-0.39, 0.29) is 6.03 Å². The van der Waals surface area contributed by atoms with Crippen molar-refractivity contribution in [3.05, 3.63) is 52.5 Å². The molecule has 0 saturated carbocycles. The molecular formula is C13H13BrN4O. The van der Waals surface area contributed by atoms with Crippen LogP contribution in [0.5, 0.6) is 0 Å². The molecule has 0 aliphatic heterocycles. The first-order chi connectivity index (χ1) is 9.15. The minimum absolute atomic E-state index is 0.283. The largest absolute Gasteiger partial charge is 0.332 e. The molecule has 19 heavy (non-hydrogen) atoms. The van der Waals surface area contributed by atoms with Gasteiger partial charge in [-0.05, 0) is 35.0 Å². The van der Waals surface area contributed by atoms with Gasteiger partial charge in [-0.3, -0.25) is 9.97 Å². The third-order valence-corrected chi connectivity index (χ3v) is 3.08. The zero-order valence-electron chi connectivity index (χ0n) is 10.4. The summed E-state index contributed by atoms with van der Waals surface area (Å²) in [5.74, 6) is 0. The minimum atomic E-state index is -0.283. The lowest BCUT2D eigenvalue weighted by Crippen LogP contribution is -2.28. The maximum atomic E-state index is 11.7. The van der Waals surface area contributed by atoms with Crippen LogP contribution in [0.15, 0.2) is 41.1 Å². The maximum Gasteiger partial charge on any atom is 0.319 e. The first-order valence-corrected chi connectivity index (χ1v) is 6.51. The van der Waals surface area contributed by atoms with E-state index >= 15 is 0 Å². The SMILES string of the molecule is Cc1cnc(CNC(=O)Nc2ccccc2Br)cn1. The van der Waals surface area contributed by atoms with Crippen molar-refractivity contribution in [2.75, 3.05) is 5.32 Å². The number of anilines is 1. The average Bonchev–Trinajstić information content (AvgIpc) is 2.41. The molecule has 0 spiro atoms. The Labute approximate surface area is 119 Å². The molecule has 2 N–H and O–H groups in total. The summed E-state index contributed by atoms with van der Waals surface area (Å²) >= 11 is 3.36. The minimum Gasteiger partial charge on any atom is -0.332 e. The predicted molar refractivity (Wildman–Crippen MR) is 76.8 cm³/mol. The lowest BCUT2D eigenvalue weighted by Gasteiger charge is -2.08. The average molecular weight is 321 g/mol. The summed E-state index contributed by atoms with van der Waals surface area (Å²) < 4.78 is 0.834. The summed E-state index contributed by atoms with van der Waals surface area (Å²) in [6.45, 7) is 2.20. The molecule has 0 aliphatic carbocycles. The third-order valence-electron chi connectivity index (χ3n) is 2.39. The first-order valence-electron chi connectivity index (χ1n) is 5.72. The molecule has 98 valence electrons. The molecule has 0 unspecified atom stereocenters. The Kier molecular flexibility index (Phi) is 4.46. The first kappa shape index (κ1) is 13.5. The summed E-state index contributed by atoms with van der Waals surface area (Å²) in [6, 6.07) is 7.13. The van der Waals surface area contributed by atoms with E-state index in [9.17, 15) is 4.79 Å². The van der Waals surface area contributed by atoms with E-state index < -0.39 is 0 Å². The number of para-hydroxylation sites is 1.